The van der Waals surface area contributed by atoms with Crippen LogP contribution in [0, 0.1) is 11.8 Å². The molecule has 2 nitrogen and oxygen atoms in total. The van der Waals surface area contributed by atoms with Gasteiger partial charge in [-0.25, -0.2) is 0 Å². The molecule has 0 amide bonds. The normalized spacial score (nSPS) is 29.5. The lowest BCUT2D eigenvalue weighted by molar-refractivity contribution is 0.225. The van der Waals surface area contributed by atoms with Crippen molar-refractivity contribution in [3.63, 3.8) is 0 Å². The topological polar surface area (TPSA) is 17.0 Å². The Kier molecular flexibility index (Phi) is 4.27. The largest absolute Gasteiger partial charge is 0.351 e. The molecule has 3 atom stereocenters. The second-order valence-corrected chi connectivity index (χ2v) is 5.63. The summed E-state index contributed by atoms with van der Waals surface area (Å²) in [6, 6.07) is 5.10. The highest BCUT2D eigenvalue weighted by Gasteiger charge is 2.23. The zero-order valence-electron chi connectivity index (χ0n) is 11.4. The third-order valence-corrected chi connectivity index (χ3v) is 4.43. The maximum atomic E-state index is 3.73. The Bertz CT molecular complexity index is 342. The first-order valence-corrected chi connectivity index (χ1v) is 7.08. The van der Waals surface area contributed by atoms with Crippen molar-refractivity contribution in [1.82, 2.24) is 9.88 Å². The molecule has 0 bridgehead atoms. The Morgan fingerprint density at radius 1 is 1.29 bits per heavy atom. The zero-order valence-corrected chi connectivity index (χ0v) is 11.4. The van der Waals surface area contributed by atoms with Gasteiger partial charge in [0.15, 0.2) is 0 Å². The summed E-state index contributed by atoms with van der Waals surface area (Å²) < 4.78 is 2.32. The highest BCUT2D eigenvalue weighted by atomic mass is 15.0. The van der Waals surface area contributed by atoms with E-state index in [1.165, 1.54) is 25.0 Å². The van der Waals surface area contributed by atoms with Crippen molar-refractivity contribution in [2.75, 3.05) is 0 Å². The predicted octanol–water partition coefficient (Wildman–Crippen LogP) is 3.42. The van der Waals surface area contributed by atoms with E-state index in [0.29, 0.717) is 0 Å². The van der Waals surface area contributed by atoms with E-state index >= 15 is 0 Å². The van der Waals surface area contributed by atoms with Crippen molar-refractivity contribution in [3.05, 3.63) is 24.0 Å². The van der Waals surface area contributed by atoms with Crippen LogP contribution >= 0.6 is 0 Å². The maximum Gasteiger partial charge on any atom is 0.0361 e. The third-order valence-electron chi connectivity index (χ3n) is 4.43. The first kappa shape index (κ1) is 12.7. The van der Waals surface area contributed by atoms with Crippen molar-refractivity contribution in [3.8, 4) is 0 Å². The number of nitrogens with one attached hydrogen (secondary N) is 1. The summed E-state index contributed by atoms with van der Waals surface area (Å²) >= 11 is 0. The van der Waals surface area contributed by atoms with Crippen LogP contribution in [0.15, 0.2) is 18.3 Å². The number of rotatable bonds is 4. The summed E-state index contributed by atoms with van der Waals surface area (Å²) in [4.78, 5) is 0. The van der Waals surface area contributed by atoms with Gasteiger partial charge in [0, 0.05) is 31.0 Å². The third kappa shape index (κ3) is 3.12. The number of aryl methyl sites for hydroxylation is 1. The van der Waals surface area contributed by atoms with Gasteiger partial charge < -0.3 is 9.88 Å². The van der Waals surface area contributed by atoms with Crippen LogP contribution in [-0.4, -0.2) is 10.6 Å². The van der Waals surface area contributed by atoms with E-state index in [1.807, 2.05) is 0 Å². The highest BCUT2D eigenvalue weighted by molar-refractivity contribution is 5.07. The van der Waals surface area contributed by atoms with Crippen LogP contribution in [0.5, 0.6) is 0 Å². The average Bonchev–Trinajstić information content (AvgIpc) is 2.78. The first-order valence-electron chi connectivity index (χ1n) is 7.08. The van der Waals surface area contributed by atoms with Crippen molar-refractivity contribution in [2.45, 2.75) is 59.2 Å². The van der Waals surface area contributed by atoms with E-state index in [-0.39, 0.29) is 0 Å². The number of nitrogens with zero attached hydrogens (tertiary/aromatic N) is 1. The molecule has 1 saturated carbocycles. The minimum Gasteiger partial charge on any atom is -0.351 e. The monoisotopic (exact) mass is 234 g/mol. The predicted molar refractivity (Wildman–Crippen MR) is 72.9 cm³/mol. The fourth-order valence-corrected chi connectivity index (χ4v) is 2.90. The molecule has 1 aliphatic rings. The lowest BCUT2D eigenvalue weighted by Gasteiger charge is -2.32. The van der Waals surface area contributed by atoms with E-state index in [9.17, 15) is 0 Å². The van der Waals surface area contributed by atoms with Crippen LogP contribution < -0.4 is 5.32 Å². The molecule has 1 aliphatic carbocycles. The van der Waals surface area contributed by atoms with Crippen LogP contribution in [0.1, 0.15) is 45.7 Å². The van der Waals surface area contributed by atoms with E-state index < -0.39 is 0 Å². The molecule has 0 saturated heterocycles. The van der Waals surface area contributed by atoms with E-state index in [0.717, 1.165) is 31.0 Å². The number of aromatic nitrogens is 1. The van der Waals surface area contributed by atoms with Gasteiger partial charge in [0.2, 0.25) is 0 Å². The summed E-state index contributed by atoms with van der Waals surface area (Å²) in [5.74, 6) is 1.78. The molecule has 1 aromatic rings. The minimum absolute atomic E-state index is 0.724. The SMILES string of the molecule is CCn1cccc1CNC1CCC(C)C(C)C1. The van der Waals surface area contributed by atoms with Crippen molar-refractivity contribution < 1.29 is 0 Å². The van der Waals surface area contributed by atoms with Gasteiger partial charge in [-0.05, 0) is 50.2 Å². The zero-order chi connectivity index (χ0) is 12.3. The Morgan fingerprint density at radius 3 is 2.82 bits per heavy atom. The molecule has 2 rings (SSSR count). The Morgan fingerprint density at radius 2 is 2.12 bits per heavy atom. The summed E-state index contributed by atoms with van der Waals surface area (Å²) in [5.41, 5.74) is 1.42. The molecule has 0 aromatic carbocycles. The van der Waals surface area contributed by atoms with Crippen LogP contribution in [0.4, 0.5) is 0 Å². The summed E-state index contributed by atoms with van der Waals surface area (Å²) in [6.07, 6.45) is 6.24. The van der Waals surface area contributed by atoms with Gasteiger partial charge in [-0.15, -0.1) is 0 Å². The number of hydrogen-bond donors (Lipinski definition) is 1. The van der Waals surface area contributed by atoms with Crippen molar-refractivity contribution in [2.24, 2.45) is 11.8 Å². The molecule has 0 radical (unpaired) electrons. The Hall–Kier alpha value is -0.760. The molecule has 3 unspecified atom stereocenters. The lowest BCUT2D eigenvalue weighted by Crippen LogP contribution is -2.36. The van der Waals surface area contributed by atoms with Crippen LogP contribution in [0.2, 0.25) is 0 Å². The molecule has 1 fully saturated rings. The minimum atomic E-state index is 0.724. The van der Waals surface area contributed by atoms with Crippen LogP contribution in [0.25, 0.3) is 0 Å². The quantitative estimate of drug-likeness (QED) is 0.844. The standard InChI is InChI=1S/C15H26N2/c1-4-17-9-5-6-15(17)11-16-14-8-7-12(2)13(3)10-14/h5-6,9,12-14,16H,4,7-8,10-11H2,1-3H3. The summed E-state index contributed by atoms with van der Waals surface area (Å²) in [5, 5.41) is 3.73. The summed E-state index contributed by atoms with van der Waals surface area (Å²) in [6.45, 7) is 9.08. The Labute approximate surface area is 105 Å². The van der Waals surface area contributed by atoms with Gasteiger partial charge in [0.1, 0.15) is 0 Å². The molecule has 96 valence electrons. The van der Waals surface area contributed by atoms with Crippen LogP contribution in [-0.2, 0) is 13.1 Å². The second kappa shape index (κ2) is 5.72. The van der Waals surface area contributed by atoms with Gasteiger partial charge >= 0.3 is 0 Å². The maximum absolute atomic E-state index is 3.73. The number of hydrogen-bond acceptors (Lipinski definition) is 1. The molecule has 1 N–H and O–H groups in total. The molecular formula is C15H26N2. The molecule has 0 spiro atoms. The fourth-order valence-electron chi connectivity index (χ4n) is 2.90. The fraction of sp³-hybridized carbons (Fsp3) is 0.733. The first-order chi connectivity index (χ1) is 8.20. The van der Waals surface area contributed by atoms with Gasteiger partial charge in [-0.1, -0.05) is 13.8 Å². The van der Waals surface area contributed by atoms with E-state index in [1.54, 1.807) is 0 Å². The molecule has 0 aliphatic heterocycles. The lowest BCUT2D eigenvalue weighted by atomic mass is 9.79. The van der Waals surface area contributed by atoms with Crippen molar-refractivity contribution >= 4 is 0 Å². The van der Waals surface area contributed by atoms with E-state index in [4.69, 9.17) is 0 Å². The Balaban J connectivity index is 1.82. The highest BCUT2D eigenvalue weighted by Crippen LogP contribution is 2.29. The van der Waals surface area contributed by atoms with Gasteiger partial charge in [0.05, 0.1) is 0 Å². The summed E-state index contributed by atoms with van der Waals surface area (Å²) in [7, 11) is 0. The molecule has 1 aromatic heterocycles. The van der Waals surface area contributed by atoms with Gasteiger partial charge in [0.25, 0.3) is 0 Å². The van der Waals surface area contributed by atoms with Gasteiger partial charge in [-0.3, -0.25) is 0 Å². The second-order valence-electron chi connectivity index (χ2n) is 5.63. The molecule has 1 heterocycles. The average molecular weight is 234 g/mol. The molecule has 17 heavy (non-hydrogen) atoms. The van der Waals surface area contributed by atoms with Gasteiger partial charge in [-0.2, -0.15) is 0 Å². The van der Waals surface area contributed by atoms with Crippen molar-refractivity contribution in [1.29, 1.82) is 0 Å². The molecular weight excluding hydrogens is 208 g/mol. The van der Waals surface area contributed by atoms with E-state index in [2.05, 4.69) is 49.0 Å². The molecule has 2 heteroatoms. The van der Waals surface area contributed by atoms with Crippen LogP contribution in [0.3, 0.4) is 0 Å². The smallest absolute Gasteiger partial charge is 0.0361 e.